The molecule has 0 saturated carbocycles. The number of methoxy groups -OCH3 is 1. The lowest BCUT2D eigenvalue weighted by Gasteiger charge is -2.26. The van der Waals surface area contributed by atoms with Gasteiger partial charge in [0.15, 0.2) is 6.10 Å². The number of carbonyl (C=O) groups is 2. The van der Waals surface area contributed by atoms with E-state index in [4.69, 9.17) is 19.9 Å². The van der Waals surface area contributed by atoms with Crippen LogP contribution in [-0.2, 0) is 14.3 Å². The predicted octanol–water partition coefficient (Wildman–Crippen LogP) is 4.14. The average Bonchev–Trinajstić information content (AvgIpc) is 2.89. The van der Waals surface area contributed by atoms with Crippen LogP contribution in [0.1, 0.15) is 11.7 Å². The minimum absolute atomic E-state index is 0.0499. The second-order valence-corrected chi connectivity index (χ2v) is 7.56. The van der Waals surface area contributed by atoms with E-state index in [1.165, 1.54) is 19.3 Å². The number of amides is 2. The van der Waals surface area contributed by atoms with Gasteiger partial charge >= 0.3 is 6.09 Å². The van der Waals surface area contributed by atoms with Crippen molar-refractivity contribution >= 4 is 29.1 Å². The van der Waals surface area contributed by atoms with Crippen LogP contribution in [-0.4, -0.2) is 43.5 Å². The van der Waals surface area contributed by atoms with Crippen molar-refractivity contribution in [2.24, 2.45) is 0 Å². The molecule has 2 amide bonds. The van der Waals surface area contributed by atoms with Gasteiger partial charge in [0.2, 0.25) is 5.91 Å². The van der Waals surface area contributed by atoms with Crippen molar-refractivity contribution in [1.29, 1.82) is 0 Å². The monoisotopic (exact) mass is 491 g/mol. The van der Waals surface area contributed by atoms with Gasteiger partial charge in [0.25, 0.3) is 0 Å². The quantitative estimate of drug-likeness (QED) is 0.234. The van der Waals surface area contributed by atoms with E-state index in [1.807, 2.05) is 6.07 Å². The van der Waals surface area contributed by atoms with Gasteiger partial charge in [-0.1, -0.05) is 48.5 Å². The van der Waals surface area contributed by atoms with Gasteiger partial charge in [-0.25, -0.2) is 4.79 Å². The second kappa shape index (κ2) is 13.5. The Balaban J connectivity index is 1.85. The molecule has 0 aromatic heterocycles. The Labute approximate surface area is 209 Å². The van der Waals surface area contributed by atoms with Crippen LogP contribution in [0.3, 0.4) is 0 Å². The van der Waals surface area contributed by atoms with Gasteiger partial charge in [-0.15, -0.1) is 0 Å². The second-order valence-electron chi connectivity index (χ2n) is 7.56. The molecule has 0 aliphatic carbocycles. The number of rotatable bonds is 11. The fourth-order valence-corrected chi connectivity index (χ4v) is 3.36. The topological polar surface area (TPSA) is 132 Å². The molecule has 36 heavy (non-hydrogen) atoms. The van der Waals surface area contributed by atoms with Crippen molar-refractivity contribution in [3.8, 4) is 5.75 Å². The Hall–Kier alpha value is -4.34. The van der Waals surface area contributed by atoms with Crippen molar-refractivity contribution in [3.63, 3.8) is 0 Å². The molecule has 3 aromatic rings. The van der Waals surface area contributed by atoms with E-state index < -0.39 is 24.2 Å². The first-order valence-electron chi connectivity index (χ1n) is 11.2. The average molecular weight is 492 g/mol. The van der Waals surface area contributed by atoms with E-state index in [0.29, 0.717) is 28.4 Å². The normalized spacial score (nSPS) is 12.5. The summed E-state index contributed by atoms with van der Waals surface area (Å²) >= 11 is 0. The lowest BCUT2D eigenvalue weighted by Crippen LogP contribution is -2.27. The van der Waals surface area contributed by atoms with Crippen molar-refractivity contribution in [2.75, 3.05) is 36.7 Å². The number of ether oxygens (including phenoxy) is 3. The molecular formula is C27H29N3O6. The molecule has 0 fully saturated rings. The van der Waals surface area contributed by atoms with Crippen molar-refractivity contribution < 1.29 is 28.9 Å². The van der Waals surface area contributed by atoms with E-state index in [9.17, 15) is 14.7 Å². The minimum atomic E-state index is -0.987. The smallest absolute Gasteiger partial charge is 0.412 e. The molecule has 0 bridgehead atoms. The fraction of sp³-hybridized carbons (Fsp3) is 0.185. The number of anilines is 3. The van der Waals surface area contributed by atoms with Crippen molar-refractivity contribution in [2.45, 2.75) is 12.2 Å². The summed E-state index contributed by atoms with van der Waals surface area (Å²) in [5.74, 6) is -0.0340. The number of nitrogen functional groups attached to an aromatic ring is 1. The zero-order valence-corrected chi connectivity index (χ0v) is 19.8. The highest BCUT2D eigenvalue weighted by molar-refractivity contribution is 6.01. The van der Waals surface area contributed by atoms with Crippen LogP contribution >= 0.6 is 0 Å². The third-order valence-corrected chi connectivity index (χ3v) is 5.06. The molecular weight excluding hydrogens is 462 g/mol. The van der Waals surface area contributed by atoms with Gasteiger partial charge in [0.05, 0.1) is 18.0 Å². The molecule has 3 aromatic carbocycles. The molecule has 0 heterocycles. The molecule has 2 atom stereocenters. The number of nitrogens with two attached hydrogens (primary N) is 1. The van der Waals surface area contributed by atoms with Crippen molar-refractivity contribution in [1.82, 2.24) is 0 Å². The molecule has 9 nitrogen and oxygen atoms in total. The summed E-state index contributed by atoms with van der Waals surface area (Å²) in [6, 6.07) is 22.6. The fourth-order valence-electron chi connectivity index (χ4n) is 3.36. The highest BCUT2D eigenvalue weighted by Crippen LogP contribution is 2.32. The van der Waals surface area contributed by atoms with Gasteiger partial charge in [-0.05, 0) is 36.4 Å². The Kier molecular flexibility index (Phi) is 9.87. The maximum Gasteiger partial charge on any atom is 0.412 e. The summed E-state index contributed by atoms with van der Waals surface area (Å²) < 4.78 is 17.0. The molecule has 0 aliphatic heterocycles. The zero-order chi connectivity index (χ0) is 25.8. The SMILES string of the molecule is CO[C@H](/C=C/C(=O)Nc1ccccc1N)[C@H](OC(=O)Nc1ccccc1)c1ccccc1OCCO. The van der Waals surface area contributed by atoms with Crippen LogP contribution in [0.25, 0.3) is 0 Å². The third-order valence-electron chi connectivity index (χ3n) is 5.06. The molecule has 3 rings (SSSR count). The molecule has 0 saturated heterocycles. The molecule has 0 radical (unpaired) electrons. The predicted molar refractivity (Wildman–Crippen MR) is 138 cm³/mol. The first-order chi connectivity index (χ1) is 17.5. The van der Waals surface area contributed by atoms with Gasteiger partial charge in [-0.3, -0.25) is 10.1 Å². The largest absolute Gasteiger partial charge is 0.491 e. The zero-order valence-electron chi connectivity index (χ0n) is 19.8. The Morgan fingerprint density at radius 1 is 0.972 bits per heavy atom. The Bertz CT molecular complexity index is 1170. The minimum Gasteiger partial charge on any atom is -0.491 e. The van der Waals surface area contributed by atoms with E-state index in [1.54, 1.807) is 72.8 Å². The van der Waals surface area contributed by atoms with Crippen LogP contribution in [0.15, 0.2) is 91.0 Å². The number of nitrogens with one attached hydrogen (secondary N) is 2. The summed E-state index contributed by atoms with van der Waals surface area (Å²) in [4.78, 5) is 25.3. The summed E-state index contributed by atoms with van der Waals surface area (Å²) in [6.07, 6.45) is 0.199. The number of aliphatic hydroxyl groups is 1. The molecule has 9 heteroatoms. The number of carbonyl (C=O) groups excluding carboxylic acids is 2. The lowest BCUT2D eigenvalue weighted by molar-refractivity contribution is -0.112. The van der Waals surface area contributed by atoms with E-state index in [2.05, 4.69) is 10.6 Å². The van der Waals surface area contributed by atoms with Gasteiger partial charge in [0.1, 0.15) is 18.5 Å². The maximum absolute atomic E-state index is 12.8. The first kappa shape index (κ1) is 26.3. The highest BCUT2D eigenvalue weighted by atomic mass is 16.6. The maximum atomic E-state index is 12.8. The molecule has 188 valence electrons. The Morgan fingerprint density at radius 3 is 2.39 bits per heavy atom. The number of benzene rings is 3. The van der Waals surface area contributed by atoms with Crippen LogP contribution in [0, 0.1) is 0 Å². The van der Waals surface area contributed by atoms with Crippen LogP contribution in [0.4, 0.5) is 21.9 Å². The molecule has 0 spiro atoms. The van der Waals surface area contributed by atoms with Crippen LogP contribution < -0.4 is 21.1 Å². The third kappa shape index (κ3) is 7.59. The number of para-hydroxylation sites is 4. The van der Waals surface area contributed by atoms with Gasteiger partial charge < -0.3 is 30.4 Å². The standard InChI is InChI=1S/C27H29N3O6/c1-34-24(15-16-25(32)30-22-13-7-6-12-21(22)28)26(20-11-5-8-14-23(20)35-18-17-31)36-27(33)29-19-9-3-2-4-10-19/h2-16,24,26,31H,17-18,28H2,1H3,(H,29,33)(H,30,32)/b16-15+/t24-,26-/m1/s1. The van der Waals surface area contributed by atoms with Crippen LogP contribution in [0.2, 0.25) is 0 Å². The van der Waals surface area contributed by atoms with Crippen LogP contribution in [0.5, 0.6) is 5.75 Å². The van der Waals surface area contributed by atoms with E-state index in [0.717, 1.165) is 0 Å². The highest BCUT2D eigenvalue weighted by Gasteiger charge is 2.28. The number of hydrogen-bond donors (Lipinski definition) is 4. The van der Waals surface area contributed by atoms with E-state index in [-0.39, 0.29) is 13.2 Å². The Morgan fingerprint density at radius 2 is 1.67 bits per heavy atom. The lowest BCUT2D eigenvalue weighted by atomic mass is 10.0. The summed E-state index contributed by atoms with van der Waals surface area (Å²) in [7, 11) is 1.44. The van der Waals surface area contributed by atoms with Gasteiger partial charge in [-0.2, -0.15) is 0 Å². The number of aliphatic hydroxyl groups excluding tert-OH is 1. The van der Waals surface area contributed by atoms with Crippen molar-refractivity contribution in [3.05, 3.63) is 96.6 Å². The summed E-state index contributed by atoms with van der Waals surface area (Å²) in [6.45, 7) is -0.140. The van der Waals surface area contributed by atoms with Gasteiger partial charge in [0, 0.05) is 24.4 Å². The summed E-state index contributed by atoms with van der Waals surface area (Å²) in [5.41, 5.74) is 7.84. The molecule has 0 aliphatic rings. The number of hydrogen-bond acceptors (Lipinski definition) is 7. The van der Waals surface area contributed by atoms with E-state index >= 15 is 0 Å². The molecule has 0 unspecified atom stereocenters. The summed E-state index contributed by atoms with van der Waals surface area (Å²) in [5, 5.41) is 14.6. The molecule has 5 N–H and O–H groups in total. The first-order valence-corrected chi connectivity index (χ1v) is 11.2.